The van der Waals surface area contributed by atoms with Crippen molar-refractivity contribution in [3.63, 3.8) is 0 Å². The fourth-order valence-corrected chi connectivity index (χ4v) is 3.39. The number of aromatic nitrogens is 1. The molecule has 0 saturated carbocycles. The van der Waals surface area contributed by atoms with E-state index in [9.17, 15) is 18.9 Å². The van der Waals surface area contributed by atoms with Crippen LogP contribution in [0.3, 0.4) is 0 Å². The number of rotatable bonds is 4. The van der Waals surface area contributed by atoms with Crippen LogP contribution >= 0.6 is 0 Å². The molecule has 0 aliphatic carbocycles. The number of nitrogens with one attached hydrogen (secondary N) is 1. The Morgan fingerprint density at radius 1 is 1.19 bits per heavy atom. The minimum absolute atomic E-state index is 0.0246. The third-order valence-corrected chi connectivity index (χ3v) is 4.65. The van der Waals surface area contributed by atoms with Crippen LogP contribution in [0, 0.1) is 21.7 Å². The highest BCUT2D eigenvalue weighted by Gasteiger charge is 2.31. The molecule has 1 N–H and O–H groups in total. The number of fused-ring (bicyclic) bond motifs is 1. The van der Waals surface area contributed by atoms with Crippen molar-refractivity contribution >= 4 is 22.3 Å². The third kappa shape index (κ3) is 3.19. The van der Waals surface area contributed by atoms with Crippen molar-refractivity contribution in [2.24, 2.45) is 0 Å². The molecule has 1 aliphatic rings. The van der Waals surface area contributed by atoms with Crippen molar-refractivity contribution in [3.8, 4) is 0 Å². The largest absolute Gasteiger partial charge is 0.377 e. The van der Waals surface area contributed by atoms with Crippen LogP contribution in [-0.2, 0) is 4.74 Å². The van der Waals surface area contributed by atoms with Gasteiger partial charge in [-0.05, 0) is 42.3 Å². The van der Waals surface area contributed by atoms with Crippen molar-refractivity contribution < 1.29 is 18.4 Å². The van der Waals surface area contributed by atoms with Crippen LogP contribution in [0.4, 0.5) is 20.2 Å². The molecule has 3 aromatic rings. The van der Waals surface area contributed by atoms with Gasteiger partial charge < -0.3 is 10.1 Å². The number of hydrogen-bond donors (Lipinski definition) is 1. The molecule has 1 saturated heterocycles. The van der Waals surface area contributed by atoms with E-state index < -0.39 is 22.7 Å². The first-order chi connectivity index (χ1) is 13.0. The Labute approximate surface area is 152 Å². The summed E-state index contributed by atoms with van der Waals surface area (Å²) >= 11 is 0. The molecule has 6 nitrogen and oxygen atoms in total. The first-order valence-corrected chi connectivity index (χ1v) is 8.40. The monoisotopic (exact) mass is 371 g/mol. The molecule has 0 bridgehead atoms. The molecule has 2 heterocycles. The highest BCUT2D eigenvalue weighted by molar-refractivity contribution is 5.96. The number of anilines is 1. The van der Waals surface area contributed by atoms with E-state index in [0.717, 1.165) is 12.1 Å². The van der Waals surface area contributed by atoms with Gasteiger partial charge in [-0.25, -0.2) is 8.78 Å². The lowest BCUT2D eigenvalue weighted by Crippen LogP contribution is -2.23. The van der Waals surface area contributed by atoms with Crippen LogP contribution in [0.15, 0.2) is 48.7 Å². The minimum Gasteiger partial charge on any atom is -0.377 e. The molecule has 0 radical (unpaired) electrons. The van der Waals surface area contributed by atoms with Gasteiger partial charge in [-0.15, -0.1) is 0 Å². The standard InChI is InChI=1S/C19H15F2N3O3/c20-13-4-3-11(10-14(13)21)19-16(7-9-27-19)23-15-5-6-17(24(25)26)12-2-1-8-22-18(12)15/h1-6,8,10,16,19,23H,7,9H2. The molecule has 1 aliphatic heterocycles. The molecule has 0 amide bonds. The smallest absolute Gasteiger partial charge is 0.278 e. The Kier molecular flexibility index (Phi) is 4.41. The first kappa shape index (κ1) is 17.3. The van der Waals surface area contributed by atoms with E-state index in [1.165, 1.54) is 12.1 Å². The van der Waals surface area contributed by atoms with E-state index in [1.807, 2.05) is 0 Å². The predicted octanol–water partition coefficient (Wildman–Crippen LogP) is 4.36. The van der Waals surface area contributed by atoms with Gasteiger partial charge in [0, 0.05) is 18.9 Å². The van der Waals surface area contributed by atoms with Gasteiger partial charge in [-0.3, -0.25) is 15.1 Å². The van der Waals surface area contributed by atoms with E-state index in [0.29, 0.717) is 35.2 Å². The van der Waals surface area contributed by atoms with Crippen molar-refractivity contribution in [2.75, 3.05) is 11.9 Å². The van der Waals surface area contributed by atoms with E-state index in [2.05, 4.69) is 10.3 Å². The number of non-ortho nitro benzene ring substituents is 1. The Morgan fingerprint density at radius 2 is 2.04 bits per heavy atom. The Hall–Kier alpha value is -3.13. The molecular weight excluding hydrogens is 356 g/mol. The summed E-state index contributed by atoms with van der Waals surface area (Å²) in [6.45, 7) is 0.458. The second-order valence-electron chi connectivity index (χ2n) is 6.29. The van der Waals surface area contributed by atoms with Crippen molar-refractivity contribution in [3.05, 3.63) is 76.0 Å². The first-order valence-electron chi connectivity index (χ1n) is 8.40. The maximum atomic E-state index is 13.6. The normalized spacial score (nSPS) is 19.3. The molecule has 2 atom stereocenters. The summed E-state index contributed by atoms with van der Waals surface area (Å²) in [5.41, 5.74) is 1.61. The third-order valence-electron chi connectivity index (χ3n) is 4.65. The van der Waals surface area contributed by atoms with Crippen LogP contribution < -0.4 is 5.32 Å². The fourth-order valence-electron chi connectivity index (χ4n) is 3.39. The van der Waals surface area contributed by atoms with E-state index >= 15 is 0 Å². The van der Waals surface area contributed by atoms with Gasteiger partial charge in [0.05, 0.1) is 22.0 Å². The molecule has 1 aromatic heterocycles. The van der Waals surface area contributed by atoms with Crippen LogP contribution in [0.25, 0.3) is 10.9 Å². The van der Waals surface area contributed by atoms with E-state index in [-0.39, 0.29) is 11.7 Å². The second kappa shape index (κ2) is 6.88. The second-order valence-corrected chi connectivity index (χ2v) is 6.29. The maximum Gasteiger partial charge on any atom is 0.278 e. The van der Waals surface area contributed by atoms with Gasteiger partial charge in [-0.2, -0.15) is 0 Å². The van der Waals surface area contributed by atoms with E-state index in [4.69, 9.17) is 4.74 Å². The summed E-state index contributed by atoms with van der Waals surface area (Å²) in [5, 5.41) is 15.0. The van der Waals surface area contributed by atoms with Gasteiger partial charge in [-0.1, -0.05) is 6.07 Å². The number of pyridine rings is 1. The SMILES string of the molecule is O=[N+]([O-])c1ccc(NC2CCOC2c2ccc(F)c(F)c2)c2ncccc12. The number of benzene rings is 2. The van der Waals surface area contributed by atoms with Gasteiger partial charge in [0.25, 0.3) is 5.69 Å². The van der Waals surface area contributed by atoms with Crippen LogP contribution in [0.5, 0.6) is 0 Å². The van der Waals surface area contributed by atoms with Crippen LogP contribution in [0.2, 0.25) is 0 Å². The summed E-state index contributed by atoms with van der Waals surface area (Å²) in [6, 6.07) is 9.81. The van der Waals surface area contributed by atoms with Gasteiger partial charge in [0.1, 0.15) is 11.6 Å². The van der Waals surface area contributed by atoms with Crippen molar-refractivity contribution in [1.29, 1.82) is 0 Å². The quantitative estimate of drug-likeness (QED) is 0.545. The van der Waals surface area contributed by atoms with Crippen LogP contribution in [-0.4, -0.2) is 22.6 Å². The molecule has 8 heteroatoms. The molecular formula is C19H15F2N3O3. The summed E-state index contributed by atoms with van der Waals surface area (Å²) in [7, 11) is 0. The molecule has 1 fully saturated rings. The lowest BCUT2D eigenvalue weighted by Gasteiger charge is -2.22. The Balaban J connectivity index is 1.68. The number of nitro groups is 1. The number of hydrogen-bond acceptors (Lipinski definition) is 5. The molecule has 0 spiro atoms. The lowest BCUT2D eigenvalue weighted by atomic mass is 10.0. The van der Waals surface area contributed by atoms with Crippen molar-refractivity contribution in [2.45, 2.75) is 18.6 Å². The topological polar surface area (TPSA) is 77.3 Å². The minimum atomic E-state index is -0.927. The highest BCUT2D eigenvalue weighted by Crippen LogP contribution is 2.35. The number of nitrogens with zero attached hydrogens (tertiary/aromatic N) is 2. The summed E-state index contributed by atoms with van der Waals surface area (Å²) in [6.07, 6.45) is 1.75. The van der Waals surface area contributed by atoms with Crippen molar-refractivity contribution in [1.82, 2.24) is 4.98 Å². The fraction of sp³-hybridized carbons (Fsp3) is 0.211. The zero-order chi connectivity index (χ0) is 19.0. The average Bonchev–Trinajstić information content (AvgIpc) is 3.12. The summed E-state index contributed by atoms with van der Waals surface area (Å²) < 4.78 is 32.5. The van der Waals surface area contributed by atoms with Gasteiger partial charge in [0.2, 0.25) is 0 Å². The summed E-state index contributed by atoms with van der Waals surface area (Å²) in [5.74, 6) is -1.84. The zero-order valence-corrected chi connectivity index (χ0v) is 14.1. The number of nitro benzene ring substituents is 1. The molecule has 138 valence electrons. The Morgan fingerprint density at radius 3 is 2.81 bits per heavy atom. The lowest BCUT2D eigenvalue weighted by molar-refractivity contribution is -0.383. The predicted molar refractivity (Wildman–Crippen MR) is 95.5 cm³/mol. The summed E-state index contributed by atoms with van der Waals surface area (Å²) in [4.78, 5) is 15.1. The number of halogens is 2. The Bertz CT molecular complexity index is 1030. The molecule has 2 aromatic carbocycles. The number of ether oxygens (including phenoxy) is 1. The van der Waals surface area contributed by atoms with Crippen LogP contribution in [0.1, 0.15) is 18.1 Å². The zero-order valence-electron chi connectivity index (χ0n) is 14.1. The van der Waals surface area contributed by atoms with Gasteiger partial charge in [0.15, 0.2) is 11.6 Å². The van der Waals surface area contributed by atoms with Gasteiger partial charge >= 0.3 is 0 Å². The molecule has 2 unspecified atom stereocenters. The van der Waals surface area contributed by atoms with E-state index in [1.54, 1.807) is 24.4 Å². The highest BCUT2D eigenvalue weighted by atomic mass is 19.2. The molecule has 4 rings (SSSR count). The average molecular weight is 371 g/mol. The maximum absolute atomic E-state index is 13.6. The molecule has 27 heavy (non-hydrogen) atoms.